The van der Waals surface area contributed by atoms with Crippen LogP contribution in [0.5, 0.6) is 0 Å². The number of ether oxygens (including phenoxy) is 1. The molecule has 1 N–H and O–H groups in total. The van der Waals surface area contributed by atoms with E-state index in [1.807, 2.05) is 13.8 Å². The van der Waals surface area contributed by atoms with Crippen molar-refractivity contribution in [2.75, 3.05) is 0 Å². The summed E-state index contributed by atoms with van der Waals surface area (Å²) in [6.07, 6.45) is 4.48. The van der Waals surface area contributed by atoms with Crippen LogP contribution < -0.4 is 0 Å². The Kier molecular flexibility index (Phi) is 5.41. The Hall–Kier alpha value is -0.810. The zero-order chi connectivity index (χ0) is 13.6. The quantitative estimate of drug-likeness (QED) is 0.340. The predicted octanol–water partition coefficient (Wildman–Crippen LogP) is 3.87. The van der Waals surface area contributed by atoms with Crippen molar-refractivity contribution in [3.05, 3.63) is 0 Å². The van der Waals surface area contributed by atoms with Crippen molar-refractivity contribution in [3.8, 4) is 0 Å². The van der Waals surface area contributed by atoms with Gasteiger partial charge in [-0.25, -0.2) is 9.68 Å². The van der Waals surface area contributed by atoms with Gasteiger partial charge in [0.25, 0.3) is 0 Å². The van der Waals surface area contributed by atoms with E-state index in [4.69, 9.17) is 19.6 Å². The Morgan fingerprint density at radius 3 is 2.39 bits per heavy atom. The minimum Gasteiger partial charge on any atom is -0.450 e. The third kappa shape index (κ3) is 4.82. The normalized spacial score (nSPS) is 19.5. The predicted molar refractivity (Wildman–Crippen MR) is 66.1 cm³/mol. The monoisotopic (exact) mass is 260 g/mol. The second-order valence-electron chi connectivity index (χ2n) is 5.52. The highest BCUT2D eigenvalue weighted by atomic mass is 17.2. The minimum atomic E-state index is -1.31. The highest BCUT2D eigenvalue weighted by Gasteiger charge is 2.40. The molecule has 0 aromatic rings. The van der Waals surface area contributed by atoms with Gasteiger partial charge < -0.3 is 9.84 Å². The molecule has 0 heterocycles. The summed E-state index contributed by atoms with van der Waals surface area (Å²) in [6.45, 7) is 5.91. The van der Waals surface area contributed by atoms with Crippen LogP contribution in [-0.4, -0.2) is 22.7 Å². The molecule has 1 rings (SSSR count). The van der Waals surface area contributed by atoms with Crippen molar-refractivity contribution < 1.29 is 24.4 Å². The van der Waals surface area contributed by atoms with Crippen LogP contribution in [0.1, 0.15) is 65.7 Å². The molecule has 1 saturated carbocycles. The van der Waals surface area contributed by atoms with Crippen LogP contribution >= 0.6 is 0 Å². The zero-order valence-electron chi connectivity index (χ0n) is 11.5. The van der Waals surface area contributed by atoms with E-state index in [1.165, 1.54) is 0 Å². The molecule has 1 aliphatic rings. The number of carboxylic acid groups (broad SMARTS) is 1. The van der Waals surface area contributed by atoms with Crippen molar-refractivity contribution in [1.82, 2.24) is 0 Å². The molecule has 0 amide bonds. The number of rotatable bonds is 6. The van der Waals surface area contributed by atoms with Crippen molar-refractivity contribution in [3.63, 3.8) is 0 Å². The summed E-state index contributed by atoms with van der Waals surface area (Å²) in [4.78, 5) is 21.6. The third-order valence-electron chi connectivity index (χ3n) is 3.16. The summed E-state index contributed by atoms with van der Waals surface area (Å²) < 4.78 is 4.92. The van der Waals surface area contributed by atoms with E-state index < -0.39 is 17.5 Å². The molecule has 1 fully saturated rings. The molecule has 0 atom stereocenters. The van der Waals surface area contributed by atoms with Crippen LogP contribution in [0.2, 0.25) is 0 Å². The average molecular weight is 260 g/mol. The maximum absolute atomic E-state index is 10.8. The highest BCUT2D eigenvalue weighted by Crippen LogP contribution is 2.34. The third-order valence-corrected chi connectivity index (χ3v) is 3.16. The topological polar surface area (TPSA) is 65.0 Å². The first-order chi connectivity index (χ1) is 8.39. The van der Waals surface area contributed by atoms with Gasteiger partial charge in [0.2, 0.25) is 5.79 Å². The van der Waals surface area contributed by atoms with Crippen molar-refractivity contribution in [1.29, 1.82) is 0 Å². The van der Waals surface area contributed by atoms with Gasteiger partial charge in [-0.3, -0.25) is 0 Å². The van der Waals surface area contributed by atoms with Crippen LogP contribution in [0, 0.1) is 0 Å². The lowest BCUT2D eigenvalue weighted by Crippen LogP contribution is -2.42. The summed E-state index contributed by atoms with van der Waals surface area (Å²) in [5.41, 5.74) is -0.430. The molecule has 0 aliphatic heterocycles. The van der Waals surface area contributed by atoms with E-state index in [1.54, 1.807) is 0 Å². The molecule has 0 aromatic heterocycles. The molecule has 0 unspecified atom stereocenters. The molecular formula is C13H24O5. The molecule has 0 saturated heterocycles. The summed E-state index contributed by atoms with van der Waals surface area (Å²) in [5, 5.41) is 8.81. The molecule has 0 aromatic carbocycles. The largest absolute Gasteiger partial charge is 0.508 e. The van der Waals surface area contributed by atoms with Crippen LogP contribution in [0.25, 0.3) is 0 Å². The van der Waals surface area contributed by atoms with Gasteiger partial charge in [-0.05, 0) is 33.1 Å². The van der Waals surface area contributed by atoms with Gasteiger partial charge in [0.05, 0.1) is 5.60 Å². The standard InChI is InChI=1S/C13H24O5/c1-4-8-12(2,3)17-18-13(16-11(14)15)9-6-5-7-10-13/h4-10H2,1-3H3,(H,14,15). The average Bonchev–Trinajstić information content (AvgIpc) is 2.27. The molecule has 5 heteroatoms. The Morgan fingerprint density at radius 2 is 1.89 bits per heavy atom. The van der Waals surface area contributed by atoms with Crippen LogP contribution in [-0.2, 0) is 14.5 Å². The zero-order valence-corrected chi connectivity index (χ0v) is 11.5. The van der Waals surface area contributed by atoms with Crippen molar-refractivity contribution in [2.45, 2.75) is 77.1 Å². The number of carbonyl (C=O) groups is 1. The van der Waals surface area contributed by atoms with Crippen LogP contribution in [0.15, 0.2) is 0 Å². The fraction of sp³-hybridized carbons (Fsp3) is 0.923. The second kappa shape index (κ2) is 6.38. The molecule has 18 heavy (non-hydrogen) atoms. The van der Waals surface area contributed by atoms with Gasteiger partial charge in [-0.2, -0.15) is 4.89 Å². The maximum atomic E-state index is 10.8. The van der Waals surface area contributed by atoms with Crippen molar-refractivity contribution in [2.24, 2.45) is 0 Å². The number of hydrogen-bond donors (Lipinski definition) is 1. The minimum absolute atomic E-state index is 0.430. The fourth-order valence-corrected chi connectivity index (χ4v) is 2.28. The van der Waals surface area contributed by atoms with E-state index in [9.17, 15) is 4.79 Å². The van der Waals surface area contributed by atoms with Gasteiger partial charge in [0, 0.05) is 12.8 Å². The highest BCUT2D eigenvalue weighted by molar-refractivity contribution is 5.57. The number of hydrogen-bond acceptors (Lipinski definition) is 4. The fourth-order valence-electron chi connectivity index (χ4n) is 2.28. The van der Waals surface area contributed by atoms with Gasteiger partial charge in [0.1, 0.15) is 0 Å². The Balaban J connectivity index is 2.58. The Morgan fingerprint density at radius 1 is 1.28 bits per heavy atom. The van der Waals surface area contributed by atoms with Gasteiger partial charge >= 0.3 is 6.16 Å². The summed E-state index contributed by atoms with van der Waals surface area (Å²) in [6, 6.07) is 0. The first-order valence-electron chi connectivity index (χ1n) is 6.68. The Bertz CT molecular complexity index is 269. The first-order valence-corrected chi connectivity index (χ1v) is 6.68. The van der Waals surface area contributed by atoms with Gasteiger partial charge in [-0.1, -0.05) is 19.8 Å². The van der Waals surface area contributed by atoms with Gasteiger partial charge in [0.15, 0.2) is 0 Å². The van der Waals surface area contributed by atoms with Crippen LogP contribution in [0.4, 0.5) is 4.79 Å². The molecule has 0 radical (unpaired) electrons. The van der Waals surface area contributed by atoms with E-state index in [2.05, 4.69) is 6.92 Å². The van der Waals surface area contributed by atoms with E-state index in [-0.39, 0.29) is 0 Å². The second-order valence-corrected chi connectivity index (χ2v) is 5.52. The van der Waals surface area contributed by atoms with Crippen LogP contribution in [0.3, 0.4) is 0 Å². The lowest BCUT2D eigenvalue weighted by Gasteiger charge is -2.36. The van der Waals surface area contributed by atoms with Crippen molar-refractivity contribution >= 4 is 6.16 Å². The molecule has 0 spiro atoms. The molecule has 1 aliphatic carbocycles. The summed E-state index contributed by atoms with van der Waals surface area (Å²) >= 11 is 0. The lowest BCUT2D eigenvalue weighted by molar-refractivity contribution is -0.458. The lowest BCUT2D eigenvalue weighted by atomic mass is 9.94. The smallest absolute Gasteiger partial charge is 0.450 e. The molecule has 5 nitrogen and oxygen atoms in total. The molecule has 0 bridgehead atoms. The Labute approximate surface area is 108 Å². The van der Waals surface area contributed by atoms with E-state index >= 15 is 0 Å². The van der Waals surface area contributed by atoms with Gasteiger partial charge in [-0.15, -0.1) is 0 Å². The summed E-state index contributed by atoms with van der Waals surface area (Å²) in [5.74, 6) is -1.12. The SMILES string of the molecule is CCCC(C)(C)OOC1(OC(=O)O)CCCCC1. The molecular weight excluding hydrogens is 236 g/mol. The summed E-state index contributed by atoms with van der Waals surface area (Å²) in [7, 11) is 0. The first kappa shape index (κ1) is 15.2. The van der Waals surface area contributed by atoms with E-state index in [0.29, 0.717) is 12.8 Å². The van der Waals surface area contributed by atoms with E-state index in [0.717, 1.165) is 32.1 Å². The molecule has 106 valence electrons. The maximum Gasteiger partial charge on any atom is 0.508 e.